The molecule has 0 atom stereocenters. The first-order chi connectivity index (χ1) is 4.33. The van der Waals surface area contributed by atoms with E-state index in [2.05, 4.69) is 6.92 Å². The quantitative estimate of drug-likeness (QED) is 0.406. The number of carbonyl (C=O) groups is 1. The SMILES string of the molecule is [CH2+]c1ccc(C=O)cc1. The molecule has 9 heavy (non-hydrogen) atoms. The van der Waals surface area contributed by atoms with E-state index in [1.54, 1.807) is 12.1 Å². The molecule has 0 spiro atoms. The van der Waals surface area contributed by atoms with E-state index in [4.69, 9.17) is 0 Å². The first-order valence-electron chi connectivity index (χ1n) is 2.70. The molecular weight excluding hydrogens is 112 g/mol. The molecule has 0 amide bonds. The maximum absolute atomic E-state index is 10.1. The average molecular weight is 119 g/mol. The zero-order valence-corrected chi connectivity index (χ0v) is 5.00. The van der Waals surface area contributed by atoms with Crippen molar-refractivity contribution in [3.8, 4) is 0 Å². The van der Waals surface area contributed by atoms with Crippen LogP contribution in [-0.2, 0) is 0 Å². The minimum atomic E-state index is 0.697. The van der Waals surface area contributed by atoms with Gasteiger partial charge in [-0.1, -0.05) is 0 Å². The van der Waals surface area contributed by atoms with E-state index in [0.717, 1.165) is 11.8 Å². The number of aldehydes is 1. The Hall–Kier alpha value is -1.24. The Morgan fingerprint density at radius 3 is 2.22 bits per heavy atom. The van der Waals surface area contributed by atoms with E-state index < -0.39 is 0 Å². The highest BCUT2D eigenvalue weighted by atomic mass is 16.1. The fourth-order valence-electron chi connectivity index (χ4n) is 0.596. The third kappa shape index (κ3) is 1.32. The van der Waals surface area contributed by atoms with E-state index in [1.165, 1.54) is 0 Å². The van der Waals surface area contributed by atoms with Crippen molar-refractivity contribution in [3.63, 3.8) is 0 Å². The molecule has 1 rings (SSSR count). The monoisotopic (exact) mass is 119 g/mol. The number of benzene rings is 1. The minimum Gasteiger partial charge on any atom is -0.298 e. The molecule has 1 aromatic rings. The number of carbonyl (C=O) groups excluding carboxylic acids is 1. The van der Waals surface area contributed by atoms with Crippen molar-refractivity contribution in [1.29, 1.82) is 0 Å². The predicted molar refractivity (Wildman–Crippen MR) is 36.3 cm³/mol. The van der Waals surface area contributed by atoms with Crippen LogP contribution in [0.3, 0.4) is 0 Å². The van der Waals surface area contributed by atoms with Crippen molar-refractivity contribution >= 4 is 6.29 Å². The summed E-state index contributed by atoms with van der Waals surface area (Å²) < 4.78 is 0. The molecule has 0 heterocycles. The van der Waals surface area contributed by atoms with Gasteiger partial charge in [-0.05, 0) is 0 Å². The average Bonchev–Trinajstić information content (AvgIpc) is 1.90. The molecule has 0 bridgehead atoms. The molecule has 0 saturated heterocycles. The normalized spacial score (nSPS) is 8.89. The van der Waals surface area contributed by atoms with Gasteiger partial charge in [0, 0.05) is 36.8 Å². The van der Waals surface area contributed by atoms with Gasteiger partial charge in [-0.2, -0.15) is 0 Å². The third-order valence-corrected chi connectivity index (χ3v) is 1.12. The van der Waals surface area contributed by atoms with Crippen molar-refractivity contribution in [3.05, 3.63) is 42.3 Å². The van der Waals surface area contributed by atoms with Crippen LogP contribution in [-0.4, -0.2) is 6.29 Å². The summed E-state index contributed by atoms with van der Waals surface area (Å²) in [6, 6.07) is 7.11. The van der Waals surface area contributed by atoms with Crippen LogP contribution in [0.5, 0.6) is 0 Å². The molecule has 0 aliphatic heterocycles. The predicted octanol–water partition coefficient (Wildman–Crippen LogP) is 1.68. The second kappa shape index (κ2) is 2.35. The van der Waals surface area contributed by atoms with Crippen LogP contribution in [0.2, 0.25) is 0 Å². The maximum Gasteiger partial charge on any atom is 0.152 e. The van der Waals surface area contributed by atoms with Gasteiger partial charge < -0.3 is 0 Å². The fraction of sp³-hybridized carbons (Fsp3) is 0. The summed E-state index contributed by atoms with van der Waals surface area (Å²) in [6.07, 6.45) is 0.819. The Morgan fingerprint density at radius 1 is 1.22 bits per heavy atom. The van der Waals surface area contributed by atoms with Crippen LogP contribution >= 0.6 is 0 Å². The molecule has 0 aliphatic carbocycles. The van der Waals surface area contributed by atoms with Crippen molar-refractivity contribution in [2.24, 2.45) is 0 Å². The zero-order chi connectivity index (χ0) is 6.69. The summed E-state index contributed by atoms with van der Waals surface area (Å²) in [5.74, 6) is 0. The van der Waals surface area contributed by atoms with Gasteiger partial charge in [0.2, 0.25) is 0 Å². The minimum absolute atomic E-state index is 0.697. The molecule has 0 aliphatic rings. The molecule has 1 nitrogen and oxygen atoms in total. The lowest BCUT2D eigenvalue weighted by atomic mass is 10.2. The number of rotatable bonds is 1. The largest absolute Gasteiger partial charge is 0.298 e. The van der Waals surface area contributed by atoms with Crippen LogP contribution in [0.25, 0.3) is 0 Å². The molecule has 0 fully saturated rings. The van der Waals surface area contributed by atoms with Gasteiger partial charge >= 0.3 is 0 Å². The van der Waals surface area contributed by atoms with Gasteiger partial charge in [0.05, 0.1) is 0 Å². The Kier molecular flexibility index (Phi) is 1.54. The zero-order valence-electron chi connectivity index (χ0n) is 5.00. The van der Waals surface area contributed by atoms with E-state index in [-0.39, 0.29) is 0 Å². The summed E-state index contributed by atoms with van der Waals surface area (Å²) in [5, 5.41) is 0. The van der Waals surface area contributed by atoms with Crippen molar-refractivity contribution in [1.82, 2.24) is 0 Å². The van der Waals surface area contributed by atoms with E-state index in [1.807, 2.05) is 12.1 Å². The highest BCUT2D eigenvalue weighted by Gasteiger charge is 1.92. The summed E-state index contributed by atoms with van der Waals surface area (Å²) in [5.41, 5.74) is 1.63. The molecule has 0 N–H and O–H groups in total. The molecule has 1 heteroatoms. The molecule has 0 saturated carbocycles. The maximum atomic E-state index is 10.1. The molecular formula is C8H7O+. The van der Waals surface area contributed by atoms with Crippen LogP contribution in [0.15, 0.2) is 24.3 Å². The lowest BCUT2D eigenvalue weighted by Crippen LogP contribution is -1.77. The second-order valence-electron chi connectivity index (χ2n) is 1.86. The van der Waals surface area contributed by atoms with E-state index in [0.29, 0.717) is 5.56 Å². The summed E-state index contributed by atoms with van der Waals surface area (Å²) in [6.45, 7) is 3.68. The smallest absolute Gasteiger partial charge is 0.152 e. The van der Waals surface area contributed by atoms with Gasteiger partial charge in [-0.25, -0.2) is 0 Å². The van der Waals surface area contributed by atoms with Gasteiger partial charge in [0.25, 0.3) is 0 Å². The van der Waals surface area contributed by atoms with Crippen molar-refractivity contribution in [2.45, 2.75) is 0 Å². The Bertz CT molecular complexity index is 198. The number of hydrogen-bond donors (Lipinski definition) is 0. The number of hydrogen-bond acceptors (Lipinski definition) is 1. The van der Waals surface area contributed by atoms with E-state index in [9.17, 15) is 4.79 Å². The first-order valence-corrected chi connectivity index (χ1v) is 2.70. The van der Waals surface area contributed by atoms with Crippen LogP contribution in [0.1, 0.15) is 15.9 Å². The lowest BCUT2D eigenvalue weighted by Gasteiger charge is -1.81. The molecule has 0 unspecified atom stereocenters. The summed E-state index contributed by atoms with van der Waals surface area (Å²) in [7, 11) is 0. The highest BCUT2D eigenvalue weighted by Crippen LogP contribution is 1.98. The van der Waals surface area contributed by atoms with Gasteiger partial charge in [0.15, 0.2) is 6.29 Å². The molecule has 0 aromatic heterocycles. The Labute approximate surface area is 54.3 Å². The summed E-state index contributed by atoms with van der Waals surface area (Å²) in [4.78, 5) is 10.1. The van der Waals surface area contributed by atoms with Gasteiger partial charge in [0.1, 0.15) is 5.56 Å². The van der Waals surface area contributed by atoms with Crippen molar-refractivity contribution in [2.75, 3.05) is 0 Å². The van der Waals surface area contributed by atoms with Gasteiger partial charge in [-0.15, -0.1) is 0 Å². The van der Waals surface area contributed by atoms with Crippen molar-refractivity contribution < 1.29 is 4.79 Å². The van der Waals surface area contributed by atoms with Crippen LogP contribution < -0.4 is 0 Å². The topological polar surface area (TPSA) is 17.1 Å². The van der Waals surface area contributed by atoms with Gasteiger partial charge in [-0.3, -0.25) is 4.79 Å². The van der Waals surface area contributed by atoms with Crippen LogP contribution in [0.4, 0.5) is 0 Å². The third-order valence-electron chi connectivity index (χ3n) is 1.12. The summed E-state index contributed by atoms with van der Waals surface area (Å²) >= 11 is 0. The standard InChI is InChI=1S/C8H7O/c1-7-2-4-8(6-9)5-3-7/h2-6H,1H2/q+1. The lowest BCUT2D eigenvalue weighted by molar-refractivity contribution is 0.112. The molecule has 0 radical (unpaired) electrons. The van der Waals surface area contributed by atoms with E-state index >= 15 is 0 Å². The fourth-order valence-corrected chi connectivity index (χ4v) is 0.596. The molecule has 44 valence electrons. The Balaban J connectivity index is 3.01. The highest BCUT2D eigenvalue weighted by molar-refractivity contribution is 5.74. The first kappa shape index (κ1) is 5.89. The molecule has 1 aromatic carbocycles. The second-order valence-corrected chi connectivity index (χ2v) is 1.86. The Morgan fingerprint density at radius 2 is 1.78 bits per heavy atom. The van der Waals surface area contributed by atoms with Crippen LogP contribution in [0, 0.1) is 6.92 Å².